The Bertz CT molecular complexity index is 660. The lowest BCUT2D eigenvalue weighted by molar-refractivity contribution is 0.539. The molecule has 0 aliphatic carbocycles. The minimum atomic E-state index is 0.364. The highest BCUT2D eigenvalue weighted by molar-refractivity contribution is 7.10. The van der Waals surface area contributed by atoms with Gasteiger partial charge in [-0.05, 0) is 47.0 Å². The van der Waals surface area contributed by atoms with Gasteiger partial charge in [-0.2, -0.15) is 0 Å². The molecule has 1 unspecified atom stereocenters. The summed E-state index contributed by atoms with van der Waals surface area (Å²) in [6.45, 7) is 2.99. The summed E-state index contributed by atoms with van der Waals surface area (Å²) in [6.07, 6.45) is 4.84. The number of hydrogen-bond acceptors (Lipinski definition) is 4. The Labute approximate surface area is 133 Å². The number of hydrogen-bond donors (Lipinski definition) is 1. The zero-order valence-corrected chi connectivity index (χ0v) is 13.6. The van der Waals surface area contributed by atoms with E-state index in [0.29, 0.717) is 6.04 Å². The lowest BCUT2D eigenvalue weighted by atomic mass is 10.1. The molecule has 3 aromatic rings. The fourth-order valence-corrected chi connectivity index (χ4v) is 3.86. The van der Waals surface area contributed by atoms with E-state index in [0.717, 1.165) is 13.0 Å². The maximum atomic E-state index is 4.23. The van der Waals surface area contributed by atoms with E-state index in [9.17, 15) is 0 Å². The standard InChI is InChI=1S/C17H18N2S2/c1-13-6-7-18-11-14(13)12-19-16(17-5-3-9-21-17)10-15-4-2-8-20-15/h2-9,11,16,19H,10,12H2,1H3. The number of rotatable bonds is 6. The monoisotopic (exact) mass is 314 g/mol. The van der Waals surface area contributed by atoms with Crippen molar-refractivity contribution >= 4 is 22.7 Å². The molecule has 4 heteroatoms. The molecular weight excluding hydrogens is 296 g/mol. The summed E-state index contributed by atoms with van der Waals surface area (Å²) >= 11 is 3.64. The number of thiophene rings is 2. The van der Waals surface area contributed by atoms with Crippen LogP contribution >= 0.6 is 22.7 Å². The third-order valence-electron chi connectivity index (χ3n) is 3.56. The van der Waals surface area contributed by atoms with Gasteiger partial charge in [0.15, 0.2) is 0 Å². The van der Waals surface area contributed by atoms with Gasteiger partial charge in [0.05, 0.1) is 0 Å². The molecule has 108 valence electrons. The first-order chi connectivity index (χ1) is 10.3. The second-order valence-corrected chi connectivity index (χ2v) is 7.05. The van der Waals surface area contributed by atoms with Gasteiger partial charge in [0.2, 0.25) is 0 Å². The third kappa shape index (κ3) is 3.79. The first kappa shape index (κ1) is 14.4. The van der Waals surface area contributed by atoms with E-state index < -0.39 is 0 Å². The van der Waals surface area contributed by atoms with Crippen molar-refractivity contribution in [2.45, 2.75) is 25.9 Å². The minimum Gasteiger partial charge on any atom is -0.305 e. The predicted molar refractivity (Wildman–Crippen MR) is 90.9 cm³/mol. The van der Waals surface area contributed by atoms with Crippen LogP contribution in [0.1, 0.15) is 26.9 Å². The Kier molecular flexibility index (Phi) is 4.80. The molecule has 0 saturated heterocycles. The summed E-state index contributed by atoms with van der Waals surface area (Å²) in [6, 6.07) is 11.1. The van der Waals surface area contributed by atoms with Crippen molar-refractivity contribution in [3.05, 3.63) is 74.4 Å². The summed E-state index contributed by atoms with van der Waals surface area (Å²) in [4.78, 5) is 7.04. The number of nitrogens with one attached hydrogen (secondary N) is 1. The highest BCUT2D eigenvalue weighted by Crippen LogP contribution is 2.25. The Balaban J connectivity index is 1.72. The number of aromatic nitrogens is 1. The highest BCUT2D eigenvalue weighted by Gasteiger charge is 2.14. The summed E-state index contributed by atoms with van der Waals surface area (Å²) in [5, 5.41) is 7.99. The van der Waals surface area contributed by atoms with Crippen molar-refractivity contribution in [2.75, 3.05) is 0 Å². The Morgan fingerprint density at radius 3 is 2.71 bits per heavy atom. The summed E-state index contributed by atoms with van der Waals surface area (Å²) in [5.41, 5.74) is 2.56. The van der Waals surface area contributed by atoms with Gasteiger partial charge in [-0.15, -0.1) is 22.7 Å². The largest absolute Gasteiger partial charge is 0.305 e. The van der Waals surface area contributed by atoms with Crippen LogP contribution in [0, 0.1) is 6.92 Å². The average Bonchev–Trinajstić information content (AvgIpc) is 3.18. The minimum absolute atomic E-state index is 0.364. The van der Waals surface area contributed by atoms with Crippen LogP contribution in [0.25, 0.3) is 0 Å². The Morgan fingerprint density at radius 1 is 1.14 bits per heavy atom. The zero-order chi connectivity index (χ0) is 14.5. The van der Waals surface area contributed by atoms with E-state index >= 15 is 0 Å². The summed E-state index contributed by atoms with van der Waals surface area (Å²) in [7, 11) is 0. The predicted octanol–water partition coefficient (Wildman–Crippen LogP) is 4.59. The molecule has 0 amide bonds. The average molecular weight is 314 g/mol. The van der Waals surface area contributed by atoms with E-state index in [-0.39, 0.29) is 0 Å². The molecule has 1 N–H and O–H groups in total. The molecule has 0 radical (unpaired) electrons. The molecular formula is C17H18N2S2. The van der Waals surface area contributed by atoms with Crippen molar-refractivity contribution in [1.82, 2.24) is 10.3 Å². The van der Waals surface area contributed by atoms with Crippen LogP contribution in [0.2, 0.25) is 0 Å². The van der Waals surface area contributed by atoms with Crippen molar-refractivity contribution in [1.29, 1.82) is 0 Å². The number of pyridine rings is 1. The molecule has 0 aromatic carbocycles. The van der Waals surface area contributed by atoms with Crippen molar-refractivity contribution < 1.29 is 0 Å². The molecule has 0 saturated carbocycles. The fraction of sp³-hybridized carbons (Fsp3) is 0.235. The molecule has 0 aliphatic heterocycles. The van der Waals surface area contributed by atoms with Gasteiger partial charge in [0, 0.05) is 41.2 Å². The molecule has 0 fully saturated rings. The van der Waals surface area contributed by atoms with Crippen LogP contribution < -0.4 is 5.32 Å². The first-order valence-electron chi connectivity index (χ1n) is 7.01. The van der Waals surface area contributed by atoms with Crippen LogP contribution in [-0.4, -0.2) is 4.98 Å². The van der Waals surface area contributed by atoms with Crippen LogP contribution in [0.5, 0.6) is 0 Å². The number of nitrogens with zero attached hydrogens (tertiary/aromatic N) is 1. The second kappa shape index (κ2) is 6.98. The molecule has 0 aliphatic rings. The van der Waals surface area contributed by atoms with Crippen molar-refractivity contribution in [2.24, 2.45) is 0 Å². The van der Waals surface area contributed by atoms with Crippen LogP contribution in [-0.2, 0) is 13.0 Å². The van der Waals surface area contributed by atoms with Crippen LogP contribution in [0.3, 0.4) is 0 Å². The maximum absolute atomic E-state index is 4.23. The second-order valence-electron chi connectivity index (χ2n) is 5.03. The number of aryl methyl sites for hydroxylation is 1. The molecule has 2 nitrogen and oxygen atoms in total. The first-order valence-corrected chi connectivity index (χ1v) is 8.77. The van der Waals surface area contributed by atoms with Gasteiger partial charge in [0.25, 0.3) is 0 Å². The van der Waals surface area contributed by atoms with Gasteiger partial charge < -0.3 is 5.32 Å². The Morgan fingerprint density at radius 2 is 2.00 bits per heavy atom. The summed E-state index contributed by atoms with van der Waals surface area (Å²) < 4.78 is 0. The van der Waals surface area contributed by atoms with Gasteiger partial charge in [-0.25, -0.2) is 0 Å². The molecule has 0 spiro atoms. The fourth-order valence-electron chi connectivity index (χ4n) is 2.31. The van der Waals surface area contributed by atoms with Gasteiger partial charge in [0.1, 0.15) is 0 Å². The van der Waals surface area contributed by atoms with Crippen molar-refractivity contribution in [3.63, 3.8) is 0 Å². The summed E-state index contributed by atoms with van der Waals surface area (Å²) in [5.74, 6) is 0. The Hall–Kier alpha value is -1.49. The van der Waals surface area contributed by atoms with E-state index in [1.807, 2.05) is 35.1 Å². The highest BCUT2D eigenvalue weighted by atomic mass is 32.1. The smallest absolute Gasteiger partial charge is 0.0466 e. The van der Waals surface area contributed by atoms with Crippen molar-refractivity contribution in [3.8, 4) is 0 Å². The van der Waals surface area contributed by atoms with E-state index in [2.05, 4.69) is 58.3 Å². The normalized spacial score (nSPS) is 12.4. The molecule has 3 aromatic heterocycles. The van der Waals surface area contributed by atoms with Gasteiger partial charge >= 0.3 is 0 Å². The topological polar surface area (TPSA) is 24.9 Å². The zero-order valence-electron chi connectivity index (χ0n) is 12.0. The molecule has 0 bridgehead atoms. The van der Waals surface area contributed by atoms with Gasteiger partial charge in [-0.3, -0.25) is 4.98 Å². The molecule has 1 atom stereocenters. The quantitative estimate of drug-likeness (QED) is 0.720. The maximum Gasteiger partial charge on any atom is 0.0466 e. The third-order valence-corrected chi connectivity index (χ3v) is 5.44. The molecule has 3 rings (SSSR count). The molecule has 21 heavy (non-hydrogen) atoms. The van der Waals surface area contributed by atoms with E-state index in [4.69, 9.17) is 0 Å². The van der Waals surface area contributed by atoms with Gasteiger partial charge in [-0.1, -0.05) is 12.1 Å². The van der Waals surface area contributed by atoms with E-state index in [1.165, 1.54) is 20.9 Å². The van der Waals surface area contributed by atoms with E-state index in [1.54, 1.807) is 0 Å². The van der Waals surface area contributed by atoms with Crippen LogP contribution in [0.4, 0.5) is 0 Å². The van der Waals surface area contributed by atoms with Crippen LogP contribution in [0.15, 0.2) is 53.5 Å². The SMILES string of the molecule is Cc1ccncc1CNC(Cc1cccs1)c1cccs1. The lowest BCUT2D eigenvalue weighted by Gasteiger charge is -2.17. The lowest BCUT2D eigenvalue weighted by Crippen LogP contribution is -2.22. The molecule has 3 heterocycles.